The molecule has 0 saturated heterocycles. The molecule has 9 rings (SSSR count). The molecule has 0 amide bonds. The zero-order chi connectivity index (χ0) is 38.8. The van der Waals surface area contributed by atoms with Gasteiger partial charge >= 0.3 is 0 Å². The van der Waals surface area contributed by atoms with Crippen molar-refractivity contribution in [2.75, 3.05) is 0 Å². The molecule has 0 aliphatic heterocycles. The van der Waals surface area contributed by atoms with Crippen molar-refractivity contribution < 1.29 is 24.5 Å². The van der Waals surface area contributed by atoms with Crippen molar-refractivity contribution in [3.63, 3.8) is 0 Å². The van der Waals surface area contributed by atoms with Gasteiger partial charge in [-0.1, -0.05) is 118 Å². The molecule has 57 heavy (non-hydrogen) atoms. The summed E-state index contributed by atoms with van der Waals surface area (Å²) in [5.41, 5.74) is 15.6. The molecule has 0 unspecified atom stereocenters. The average Bonchev–Trinajstić information content (AvgIpc) is 3.84. The molecule has 5 nitrogen and oxygen atoms in total. The van der Waals surface area contributed by atoms with Crippen molar-refractivity contribution in [1.82, 2.24) is 19.5 Å². The van der Waals surface area contributed by atoms with Gasteiger partial charge in [-0.3, -0.25) is 9.97 Å². The van der Waals surface area contributed by atoms with Crippen LogP contribution in [0.1, 0.15) is 61.8 Å². The molecule has 285 valence electrons. The van der Waals surface area contributed by atoms with Crippen LogP contribution in [-0.2, 0) is 20.1 Å². The van der Waals surface area contributed by atoms with Crippen LogP contribution in [-0.4, -0.2) is 19.5 Å². The van der Waals surface area contributed by atoms with Gasteiger partial charge in [0.1, 0.15) is 0 Å². The predicted molar refractivity (Wildman–Crippen MR) is 230 cm³/mol. The number of para-hydroxylation sites is 3. The standard InChI is InChI=1S/C40H36N3O.C11H8N.Ir/c1-24(2)30-18-13-19-31(25(3)4)38(30)43-34-21-11-10-20-33(34)41-39(43)29-22-32(36-26(5)14-12-15-27(36)6)37-35(23-29)44-40(42-37)28-16-8-7-9-17-28;1-2-6-10(7-3-1)11-8-4-5-9-12-11;/h7-22,24-25H,1-6H3;1-6,8-9H;/q2*-1;. The van der Waals surface area contributed by atoms with E-state index >= 15 is 0 Å². The number of fused-ring (bicyclic) bond motifs is 2. The number of hydrogen-bond donors (Lipinski definition) is 0. The summed E-state index contributed by atoms with van der Waals surface area (Å²) in [5, 5.41) is 0. The van der Waals surface area contributed by atoms with Gasteiger partial charge in [0.2, 0.25) is 5.89 Å². The van der Waals surface area contributed by atoms with Gasteiger partial charge < -0.3 is 14.0 Å². The second-order valence-corrected chi connectivity index (χ2v) is 14.8. The number of aromatic nitrogens is 4. The molecule has 3 aromatic heterocycles. The van der Waals surface area contributed by atoms with Crippen molar-refractivity contribution in [3.8, 4) is 50.9 Å². The van der Waals surface area contributed by atoms with E-state index in [0.29, 0.717) is 23.3 Å². The summed E-state index contributed by atoms with van der Waals surface area (Å²) in [5.74, 6) is 2.09. The minimum atomic E-state index is 0. The normalized spacial score (nSPS) is 11.2. The van der Waals surface area contributed by atoms with E-state index < -0.39 is 0 Å². The fourth-order valence-electron chi connectivity index (χ4n) is 7.49. The number of benzene rings is 6. The van der Waals surface area contributed by atoms with Crippen LogP contribution < -0.4 is 0 Å². The van der Waals surface area contributed by atoms with Crippen LogP contribution in [0.15, 0.2) is 150 Å². The minimum absolute atomic E-state index is 0. The molecule has 6 heteroatoms. The quantitative estimate of drug-likeness (QED) is 0.149. The zero-order valence-electron chi connectivity index (χ0n) is 33.0. The van der Waals surface area contributed by atoms with Gasteiger partial charge in [-0.05, 0) is 89.5 Å². The number of hydrogen-bond acceptors (Lipinski definition) is 4. The van der Waals surface area contributed by atoms with Gasteiger partial charge in [-0.25, -0.2) is 0 Å². The molecule has 0 spiro atoms. The Morgan fingerprint density at radius 3 is 1.98 bits per heavy atom. The van der Waals surface area contributed by atoms with Crippen LogP contribution in [0.5, 0.6) is 0 Å². The van der Waals surface area contributed by atoms with Crippen molar-refractivity contribution in [2.24, 2.45) is 0 Å². The summed E-state index contributed by atoms with van der Waals surface area (Å²) >= 11 is 0. The van der Waals surface area contributed by atoms with Crippen molar-refractivity contribution >= 4 is 22.1 Å². The Balaban J connectivity index is 0.000000326. The minimum Gasteiger partial charge on any atom is -0.457 e. The van der Waals surface area contributed by atoms with Crippen LogP contribution in [0.25, 0.3) is 73.0 Å². The SMILES string of the molecule is Cc1cccc(C)c1-c1cc(-c2nc3ccccc3n2-c2c(C(C)C)cccc2C(C)C)[c-]c2oc(-c3ccccc3)nc12.[Ir].[c-]1ccccc1-c1ccccn1. The smallest absolute Gasteiger partial charge is 0.215 e. The van der Waals surface area contributed by atoms with E-state index in [1.807, 2.05) is 72.8 Å². The summed E-state index contributed by atoms with van der Waals surface area (Å²) < 4.78 is 8.85. The summed E-state index contributed by atoms with van der Waals surface area (Å²) in [6.45, 7) is 13.4. The molecule has 9 aromatic rings. The molecule has 0 saturated carbocycles. The average molecular weight is 921 g/mol. The van der Waals surface area contributed by atoms with Crippen LogP contribution in [0.2, 0.25) is 0 Å². The molecular weight excluding hydrogens is 877 g/mol. The summed E-state index contributed by atoms with van der Waals surface area (Å²) in [6.07, 6.45) is 1.79. The third kappa shape index (κ3) is 7.89. The van der Waals surface area contributed by atoms with Crippen molar-refractivity contribution in [2.45, 2.75) is 53.4 Å². The number of oxazole rings is 1. The number of nitrogens with zero attached hydrogens (tertiary/aromatic N) is 4. The van der Waals surface area contributed by atoms with Crippen LogP contribution in [0.3, 0.4) is 0 Å². The molecule has 1 radical (unpaired) electrons. The fourth-order valence-corrected chi connectivity index (χ4v) is 7.49. The first-order chi connectivity index (χ1) is 27.3. The van der Waals surface area contributed by atoms with E-state index in [1.165, 1.54) is 27.9 Å². The summed E-state index contributed by atoms with van der Waals surface area (Å²) in [6, 6.07) is 54.3. The molecule has 0 bridgehead atoms. The Labute approximate surface area is 348 Å². The van der Waals surface area contributed by atoms with Gasteiger partial charge in [-0.2, -0.15) is 0 Å². The van der Waals surface area contributed by atoms with Crippen LogP contribution in [0.4, 0.5) is 0 Å². The Morgan fingerprint density at radius 1 is 0.649 bits per heavy atom. The molecule has 0 aliphatic rings. The molecule has 0 aliphatic carbocycles. The number of rotatable bonds is 7. The second-order valence-electron chi connectivity index (χ2n) is 14.8. The molecule has 6 aromatic carbocycles. The van der Waals surface area contributed by atoms with Gasteiger partial charge in [0.15, 0.2) is 0 Å². The largest absolute Gasteiger partial charge is 0.457 e. The monoisotopic (exact) mass is 921 g/mol. The topological polar surface area (TPSA) is 56.7 Å². The van der Waals surface area contributed by atoms with Gasteiger partial charge in [0, 0.05) is 43.1 Å². The summed E-state index contributed by atoms with van der Waals surface area (Å²) in [4.78, 5) is 14.5. The Hall–Kier alpha value is -5.94. The fraction of sp³-hybridized carbons (Fsp3) is 0.157. The third-order valence-corrected chi connectivity index (χ3v) is 10.2. The molecule has 0 N–H and O–H groups in total. The maximum atomic E-state index is 6.50. The maximum absolute atomic E-state index is 6.50. The van der Waals surface area contributed by atoms with E-state index in [9.17, 15) is 0 Å². The first-order valence-corrected chi connectivity index (χ1v) is 19.3. The van der Waals surface area contributed by atoms with E-state index in [4.69, 9.17) is 14.4 Å². The predicted octanol–water partition coefficient (Wildman–Crippen LogP) is 13.4. The van der Waals surface area contributed by atoms with Crippen molar-refractivity contribution in [1.29, 1.82) is 0 Å². The summed E-state index contributed by atoms with van der Waals surface area (Å²) in [7, 11) is 0. The number of pyridine rings is 1. The Morgan fingerprint density at radius 2 is 1.32 bits per heavy atom. The van der Waals surface area contributed by atoms with E-state index in [2.05, 4.69) is 130 Å². The van der Waals surface area contributed by atoms with Gasteiger partial charge in [0.05, 0.1) is 22.4 Å². The molecular formula is C51H44IrN4O-2. The van der Waals surface area contributed by atoms with Gasteiger partial charge in [0.25, 0.3) is 0 Å². The molecule has 0 fully saturated rings. The van der Waals surface area contributed by atoms with E-state index in [0.717, 1.165) is 55.9 Å². The molecule has 0 atom stereocenters. The Kier molecular flexibility index (Phi) is 11.8. The zero-order valence-corrected chi connectivity index (χ0v) is 35.4. The second kappa shape index (κ2) is 17.1. The first kappa shape index (κ1) is 39.3. The first-order valence-electron chi connectivity index (χ1n) is 19.3. The van der Waals surface area contributed by atoms with Crippen LogP contribution in [0, 0.1) is 26.0 Å². The van der Waals surface area contributed by atoms with Crippen LogP contribution >= 0.6 is 0 Å². The molecule has 3 heterocycles. The number of aryl methyl sites for hydroxylation is 2. The van der Waals surface area contributed by atoms with E-state index in [1.54, 1.807) is 6.20 Å². The number of imidazole rings is 1. The van der Waals surface area contributed by atoms with Gasteiger partial charge in [-0.15, -0.1) is 47.5 Å². The maximum Gasteiger partial charge on any atom is 0.215 e. The Bertz CT molecular complexity index is 2690. The van der Waals surface area contributed by atoms with Crippen molar-refractivity contribution in [3.05, 3.63) is 180 Å². The van der Waals surface area contributed by atoms with E-state index in [-0.39, 0.29) is 20.1 Å². The third-order valence-electron chi connectivity index (χ3n) is 10.2.